The Morgan fingerprint density at radius 3 is 2.41 bits per heavy atom. The maximum absolute atomic E-state index is 11.9. The van der Waals surface area contributed by atoms with E-state index in [0.717, 1.165) is 0 Å². The van der Waals surface area contributed by atoms with Gasteiger partial charge in [0.1, 0.15) is 12.2 Å². The molecule has 2 saturated heterocycles. The van der Waals surface area contributed by atoms with E-state index in [-0.39, 0.29) is 30.7 Å². The van der Waals surface area contributed by atoms with Crippen molar-refractivity contribution in [3.05, 3.63) is 0 Å². The molecule has 2 bridgehead atoms. The van der Waals surface area contributed by atoms with Crippen LogP contribution in [0, 0.1) is 0 Å². The number of carboxylic acid groups (broad SMARTS) is 1. The van der Waals surface area contributed by atoms with Crippen molar-refractivity contribution >= 4 is 17.8 Å². The van der Waals surface area contributed by atoms with Gasteiger partial charge in [0.05, 0.1) is 0 Å². The van der Waals surface area contributed by atoms with E-state index in [0.29, 0.717) is 12.8 Å². The molecule has 6 heteroatoms. The van der Waals surface area contributed by atoms with E-state index < -0.39 is 18.2 Å². The van der Waals surface area contributed by atoms with Crippen molar-refractivity contribution in [2.24, 2.45) is 0 Å². The Bertz CT molecular complexity index is 345. The van der Waals surface area contributed by atoms with Crippen LogP contribution >= 0.6 is 0 Å². The summed E-state index contributed by atoms with van der Waals surface area (Å²) in [5.41, 5.74) is 0. The topological polar surface area (TPSA) is 83.9 Å². The van der Waals surface area contributed by atoms with E-state index in [2.05, 4.69) is 0 Å². The molecule has 2 fully saturated rings. The second-order valence-corrected chi connectivity index (χ2v) is 4.52. The van der Waals surface area contributed by atoms with Gasteiger partial charge in [0.25, 0.3) is 11.8 Å². The number of nitrogens with zero attached hydrogens (tertiary/aromatic N) is 1. The highest BCUT2D eigenvalue weighted by molar-refractivity contribution is 6.02. The van der Waals surface area contributed by atoms with Gasteiger partial charge in [-0.05, 0) is 26.2 Å². The molecular weight excluding hydrogens is 226 g/mol. The number of fused-ring (bicyclic) bond motifs is 2. The number of rotatable bonds is 4. The van der Waals surface area contributed by atoms with Crippen molar-refractivity contribution in [2.75, 3.05) is 0 Å². The summed E-state index contributed by atoms with van der Waals surface area (Å²) in [6.07, 6.45) is 0.380. The van der Waals surface area contributed by atoms with Crippen molar-refractivity contribution in [2.45, 2.75) is 50.9 Å². The molecule has 2 rings (SSSR count). The Morgan fingerprint density at radius 1 is 1.41 bits per heavy atom. The summed E-state index contributed by atoms with van der Waals surface area (Å²) in [4.78, 5) is 35.5. The van der Waals surface area contributed by atoms with Crippen LogP contribution in [0.2, 0.25) is 0 Å². The number of hydrogen-bond acceptors (Lipinski definition) is 4. The Balaban J connectivity index is 2.06. The fourth-order valence-corrected chi connectivity index (χ4v) is 2.32. The summed E-state index contributed by atoms with van der Waals surface area (Å²) in [6.45, 7) is 1.70. The SMILES string of the molecule is CC(CCC(=O)O)N1C(=O)C2CCC(O2)C1=O. The molecule has 17 heavy (non-hydrogen) atoms. The number of amides is 2. The molecule has 2 amide bonds. The first-order valence-electron chi connectivity index (χ1n) is 5.75. The molecule has 0 aromatic heterocycles. The Hall–Kier alpha value is -1.43. The monoisotopic (exact) mass is 241 g/mol. The van der Waals surface area contributed by atoms with Crippen LogP contribution in [0.5, 0.6) is 0 Å². The molecule has 0 radical (unpaired) electrons. The molecule has 2 aliphatic rings. The summed E-state index contributed by atoms with van der Waals surface area (Å²) >= 11 is 0. The third-order valence-electron chi connectivity index (χ3n) is 3.26. The maximum Gasteiger partial charge on any atom is 0.303 e. The predicted octanol–water partition coefficient (Wildman–Crippen LogP) is 0.156. The lowest BCUT2D eigenvalue weighted by Gasteiger charge is -2.34. The van der Waals surface area contributed by atoms with Crippen LogP contribution < -0.4 is 0 Å². The summed E-state index contributed by atoms with van der Waals surface area (Å²) in [5.74, 6) is -1.56. The van der Waals surface area contributed by atoms with Gasteiger partial charge in [0.2, 0.25) is 0 Å². The summed E-state index contributed by atoms with van der Waals surface area (Å²) in [6, 6.07) is -0.377. The molecule has 0 aromatic rings. The average Bonchev–Trinajstić information content (AvgIpc) is 2.71. The van der Waals surface area contributed by atoms with Gasteiger partial charge in [0, 0.05) is 12.5 Å². The molecule has 0 aliphatic carbocycles. The molecule has 2 aliphatic heterocycles. The van der Waals surface area contributed by atoms with E-state index in [1.165, 1.54) is 4.90 Å². The number of carboxylic acids is 1. The van der Waals surface area contributed by atoms with Crippen molar-refractivity contribution in [3.63, 3.8) is 0 Å². The third kappa shape index (κ3) is 2.17. The molecular formula is C11H15NO5. The zero-order chi connectivity index (χ0) is 12.6. The quantitative estimate of drug-likeness (QED) is 0.708. The highest BCUT2D eigenvalue weighted by Gasteiger charge is 2.47. The number of ether oxygens (including phenoxy) is 1. The van der Waals surface area contributed by atoms with E-state index in [4.69, 9.17) is 9.84 Å². The van der Waals surface area contributed by atoms with Crippen LogP contribution in [-0.2, 0) is 19.1 Å². The number of aliphatic carboxylic acids is 1. The number of morpholine rings is 1. The Labute approximate surface area is 98.5 Å². The van der Waals surface area contributed by atoms with Gasteiger partial charge in [-0.25, -0.2) is 0 Å². The number of imide groups is 1. The van der Waals surface area contributed by atoms with Gasteiger partial charge < -0.3 is 9.84 Å². The summed E-state index contributed by atoms with van der Waals surface area (Å²) < 4.78 is 5.27. The Kier molecular flexibility index (Phi) is 3.15. The number of likely N-dealkylation sites (tertiary alicyclic amines) is 1. The Morgan fingerprint density at radius 2 is 1.94 bits per heavy atom. The highest BCUT2D eigenvalue weighted by atomic mass is 16.5. The summed E-state index contributed by atoms with van der Waals surface area (Å²) in [5, 5.41) is 8.60. The van der Waals surface area contributed by atoms with Gasteiger partial charge in [-0.3, -0.25) is 19.3 Å². The lowest BCUT2D eigenvalue weighted by Crippen LogP contribution is -2.55. The van der Waals surface area contributed by atoms with Crippen LogP contribution in [0.25, 0.3) is 0 Å². The molecule has 0 spiro atoms. The predicted molar refractivity (Wildman–Crippen MR) is 56.1 cm³/mol. The van der Waals surface area contributed by atoms with Gasteiger partial charge in [-0.1, -0.05) is 0 Å². The third-order valence-corrected chi connectivity index (χ3v) is 3.26. The fourth-order valence-electron chi connectivity index (χ4n) is 2.32. The minimum atomic E-state index is -0.923. The number of hydrogen-bond donors (Lipinski definition) is 1. The van der Waals surface area contributed by atoms with Gasteiger partial charge in [0.15, 0.2) is 0 Å². The molecule has 0 aromatic carbocycles. The van der Waals surface area contributed by atoms with Crippen LogP contribution in [0.4, 0.5) is 0 Å². The van der Waals surface area contributed by atoms with Gasteiger partial charge >= 0.3 is 5.97 Å². The minimum absolute atomic E-state index is 0.0472. The first-order valence-corrected chi connectivity index (χ1v) is 5.75. The molecule has 1 N–H and O–H groups in total. The average molecular weight is 241 g/mol. The van der Waals surface area contributed by atoms with Crippen LogP contribution in [-0.4, -0.2) is 46.0 Å². The van der Waals surface area contributed by atoms with Crippen molar-refractivity contribution < 1.29 is 24.2 Å². The van der Waals surface area contributed by atoms with E-state index in [9.17, 15) is 14.4 Å². The van der Waals surface area contributed by atoms with Crippen LogP contribution in [0.1, 0.15) is 32.6 Å². The summed E-state index contributed by atoms with van der Waals surface area (Å²) in [7, 11) is 0. The number of carbonyl (C=O) groups is 3. The van der Waals surface area contributed by atoms with E-state index in [1.807, 2.05) is 0 Å². The molecule has 94 valence electrons. The fraction of sp³-hybridized carbons (Fsp3) is 0.727. The van der Waals surface area contributed by atoms with Gasteiger partial charge in [-0.2, -0.15) is 0 Å². The maximum atomic E-state index is 11.9. The standard InChI is InChI=1S/C11H15NO5/c1-6(2-5-9(13)14)12-10(15)7-3-4-8(17-7)11(12)16/h6-8H,2-5H2,1H3,(H,13,14). The van der Waals surface area contributed by atoms with Crippen molar-refractivity contribution in [3.8, 4) is 0 Å². The molecule has 0 saturated carbocycles. The van der Waals surface area contributed by atoms with Gasteiger partial charge in [-0.15, -0.1) is 0 Å². The minimum Gasteiger partial charge on any atom is -0.481 e. The van der Waals surface area contributed by atoms with Crippen LogP contribution in [0.3, 0.4) is 0 Å². The lowest BCUT2D eigenvalue weighted by atomic mass is 10.1. The second kappa shape index (κ2) is 4.44. The normalized spacial score (nSPS) is 29.6. The van der Waals surface area contributed by atoms with Crippen molar-refractivity contribution in [1.29, 1.82) is 0 Å². The number of carbonyl (C=O) groups excluding carboxylic acids is 2. The van der Waals surface area contributed by atoms with Crippen LogP contribution in [0.15, 0.2) is 0 Å². The second-order valence-electron chi connectivity index (χ2n) is 4.52. The largest absolute Gasteiger partial charge is 0.481 e. The first-order chi connectivity index (χ1) is 8.00. The first kappa shape index (κ1) is 12.0. The molecule has 2 heterocycles. The zero-order valence-corrected chi connectivity index (χ0v) is 9.59. The smallest absolute Gasteiger partial charge is 0.303 e. The zero-order valence-electron chi connectivity index (χ0n) is 9.59. The molecule has 3 unspecified atom stereocenters. The van der Waals surface area contributed by atoms with Crippen molar-refractivity contribution in [1.82, 2.24) is 4.90 Å². The molecule has 6 nitrogen and oxygen atoms in total. The lowest BCUT2D eigenvalue weighted by molar-refractivity contribution is -0.171. The molecule has 3 atom stereocenters. The van der Waals surface area contributed by atoms with E-state index >= 15 is 0 Å². The highest BCUT2D eigenvalue weighted by Crippen LogP contribution is 2.30. The van der Waals surface area contributed by atoms with E-state index in [1.54, 1.807) is 6.92 Å².